The number of rotatable bonds is 1. The molecule has 0 spiro atoms. The Labute approximate surface area is 76.7 Å². The van der Waals surface area contributed by atoms with E-state index in [2.05, 4.69) is 5.32 Å². The van der Waals surface area contributed by atoms with Crippen molar-refractivity contribution < 1.29 is 9.53 Å². The molecule has 0 unspecified atom stereocenters. The van der Waals surface area contributed by atoms with E-state index in [-0.39, 0.29) is 5.78 Å². The first-order chi connectivity index (χ1) is 6.31. The second-order valence-electron chi connectivity index (χ2n) is 2.98. The van der Waals surface area contributed by atoms with E-state index in [1.165, 1.54) is 0 Å². The normalized spacial score (nSPS) is 14.7. The Balaban J connectivity index is 2.45. The fourth-order valence-corrected chi connectivity index (χ4v) is 1.42. The van der Waals surface area contributed by atoms with Crippen molar-refractivity contribution in [3.8, 4) is 5.75 Å². The van der Waals surface area contributed by atoms with Crippen molar-refractivity contribution in [1.82, 2.24) is 0 Å². The molecular weight excluding hydrogens is 166 g/mol. The third-order valence-electron chi connectivity index (χ3n) is 2.16. The molecule has 0 atom stereocenters. The molecule has 0 saturated carbocycles. The molecule has 1 aromatic carbocycles. The Morgan fingerprint density at radius 1 is 1.46 bits per heavy atom. The Morgan fingerprint density at radius 2 is 2.31 bits per heavy atom. The zero-order valence-electron chi connectivity index (χ0n) is 7.46. The van der Waals surface area contributed by atoms with Crippen LogP contribution in [-0.2, 0) is 0 Å². The predicted octanol–water partition coefficient (Wildman–Crippen LogP) is 1.69. The van der Waals surface area contributed by atoms with Gasteiger partial charge in [-0.3, -0.25) is 4.79 Å². The summed E-state index contributed by atoms with van der Waals surface area (Å²) in [4.78, 5) is 11.4. The van der Waals surface area contributed by atoms with E-state index in [1.54, 1.807) is 0 Å². The van der Waals surface area contributed by atoms with E-state index in [1.807, 2.05) is 25.2 Å². The van der Waals surface area contributed by atoms with Crippen LogP contribution in [0.1, 0.15) is 16.8 Å². The molecule has 2 rings (SSSR count). The van der Waals surface area contributed by atoms with Gasteiger partial charge >= 0.3 is 0 Å². The van der Waals surface area contributed by atoms with Crippen LogP contribution in [0.25, 0.3) is 0 Å². The number of nitrogens with one attached hydrogen (secondary N) is 1. The van der Waals surface area contributed by atoms with Gasteiger partial charge in [-0.25, -0.2) is 0 Å². The van der Waals surface area contributed by atoms with Gasteiger partial charge in [-0.1, -0.05) is 0 Å². The minimum absolute atomic E-state index is 0.170. The maximum atomic E-state index is 11.4. The minimum Gasteiger partial charge on any atom is -0.492 e. The van der Waals surface area contributed by atoms with Crippen molar-refractivity contribution in [2.75, 3.05) is 19.0 Å². The molecule has 3 nitrogen and oxygen atoms in total. The lowest BCUT2D eigenvalue weighted by Gasteiger charge is -2.16. The quantitative estimate of drug-likeness (QED) is 0.709. The summed E-state index contributed by atoms with van der Waals surface area (Å²) in [5.74, 6) is 0.868. The van der Waals surface area contributed by atoms with Crippen LogP contribution in [0.5, 0.6) is 5.75 Å². The molecule has 0 saturated heterocycles. The highest BCUT2D eigenvalue weighted by molar-refractivity contribution is 6.00. The van der Waals surface area contributed by atoms with E-state index >= 15 is 0 Å². The van der Waals surface area contributed by atoms with E-state index in [0.717, 1.165) is 5.69 Å². The standard InChI is InChI=1S/C10H11NO2/c1-11-7-2-3-8-9(12)4-5-13-10(8)6-7/h2-3,6,11H,4-5H2,1H3. The average Bonchev–Trinajstić information content (AvgIpc) is 2.18. The van der Waals surface area contributed by atoms with Gasteiger partial charge in [-0.2, -0.15) is 0 Å². The highest BCUT2D eigenvalue weighted by atomic mass is 16.5. The molecule has 0 aliphatic carbocycles. The highest BCUT2D eigenvalue weighted by Crippen LogP contribution is 2.27. The number of anilines is 1. The van der Waals surface area contributed by atoms with Crippen LogP contribution in [0, 0.1) is 0 Å². The summed E-state index contributed by atoms with van der Waals surface area (Å²) in [5.41, 5.74) is 1.67. The Morgan fingerprint density at radius 3 is 3.08 bits per heavy atom. The van der Waals surface area contributed by atoms with E-state index < -0.39 is 0 Å². The third-order valence-corrected chi connectivity index (χ3v) is 2.16. The molecule has 1 aliphatic rings. The van der Waals surface area contributed by atoms with Crippen LogP contribution in [0.2, 0.25) is 0 Å². The van der Waals surface area contributed by atoms with Crippen LogP contribution < -0.4 is 10.1 Å². The van der Waals surface area contributed by atoms with Crippen LogP contribution in [0.3, 0.4) is 0 Å². The zero-order valence-corrected chi connectivity index (χ0v) is 7.46. The largest absolute Gasteiger partial charge is 0.492 e. The Bertz CT molecular complexity index is 347. The molecule has 0 radical (unpaired) electrons. The number of hydrogen-bond donors (Lipinski definition) is 1. The Hall–Kier alpha value is -1.51. The first-order valence-electron chi connectivity index (χ1n) is 4.29. The number of fused-ring (bicyclic) bond motifs is 1. The first kappa shape index (κ1) is 8.10. The summed E-state index contributed by atoms with van der Waals surface area (Å²) in [6.07, 6.45) is 0.492. The number of carbonyl (C=O) groups excluding carboxylic acids is 1. The molecule has 1 aliphatic heterocycles. The fourth-order valence-electron chi connectivity index (χ4n) is 1.42. The van der Waals surface area contributed by atoms with Crippen molar-refractivity contribution >= 4 is 11.5 Å². The molecule has 3 heteroatoms. The second kappa shape index (κ2) is 3.09. The van der Waals surface area contributed by atoms with Crippen LogP contribution in [0.4, 0.5) is 5.69 Å². The lowest BCUT2D eigenvalue weighted by atomic mass is 10.0. The van der Waals surface area contributed by atoms with Gasteiger partial charge < -0.3 is 10.1 Å². The smallest absolute Gasteiger partial charge is 0.169 e. The summed E-state index contributed by atoms with van der Waals surface area (Å²) in [6, 6.07) is 5.54. The SMILES string of the molecule is CNc1ccc2c(c1)OCCC2=O. The molecule has 0 bridgehead atoms. The molecular formula is C10H11NO2. The number of ketones is 1. The summed E-state index contributed by atoms with van der Waals surface area (Å²) in [5, 5.41) is 3.00. The maximum absolute atomic E-state index is 11.4. The van der Waals surface area contributed by atoms with Crippen molar-refractivity contribution in [2.24, 2.45) is 0 Å². The van der Waals surface area contributed by atoms with Crippen LogP contribution in [0.15, 0.2) is 18.2 Å². The summed E-state index contributed by atoms with van der Waals surface area (Å²) >= 11 is 0. The number of carbonyl (C=O) groups is 1. The molecule has 1 aromatic rings. The lowest BCUT2D eigenvalue weighted by molar-refractivity contribution is 0.0933. The van der Waals surface area contributed by atoms with Crippen LogP contribution >= 0.6 is 0 Å². The van der Waals surface area contributed by atoms with Gasteiger partial charge in [0.1, 0.15) is 5.75 Å². The molecule has 68 valence electrons. The summed E-state index contributed by atoms with van der Waals surface area (Å²) < 4.78 is 5.38. The average molecular weight is 177 g/mol. The van der Waals surface area contributed by atoms with E-state index in [4.69, 9.17) is 4.74 Å². The second-order valence-corrected chi connectivity index (χ2v) is 2.98. The van der Waals surface area contributed by atoms with Gasteiger partial charge in [0.05, 0.1) is 12.2 Å². The number of hydrogen-bond acceptors (Lipinski definition) is 3. The molecule has 1 N–H and O–H groups in total. The molecule has 13 heavy (non-hydrogen) atoms. The third kappa shape index (κ3) is 1.37. The molecule has 1 heterocycles. The maximum Gasteiger partial charge on any atom is 0.169 e. The van der Waals surface area contributed by atoms with Gasteiger partial charge in [0, 0.05) is 25.2 Å². The van der Waals surface area contributed by atoms with Gasteiger partial charge in [0.2, 0.25) is 0 Å². The van der Waals surface area contributed by atoms with Gasteiger partial charge in [-0.05, 0) is 12.1 Å². The van der Waals surface area contributed by atoms with Crippen molar-refractivity contribution in [2.45, 2.75) is 6.42 Å². The van der Waals surface area contributed by atoms with Crippen molar-refractivity contribution in [1.29, 1.82) is 0 Å². The molecule has 0 aromatic heterocycles. The predicted molar refractivity (Wildman–Crippen MR) is 50.4 cm³/mol. The van der Waals surface area contributed by atoms with Gasteiger partial charge in [0.15, 0.2) is 5.78 Å². The number of benzene rings is 1. The van der Waals surface area contributed by atoms with Crippen molar-refractivity contribution in [3.63, 3.8) is 0 Å². The first-order valence-corrected chi connectivity index (χ1v) is 4.29. The van der Waals surface area contributed by atoms with Gasteiger partial charge in [-0.15, -0.1) is 0 Å². The Kier molecular flexibility index (Phi) is 1.93. The number of ether oxygens (including phenoxy) is 1. The molecule has 0 amide bonds. The van der Waals surface area contributed by atoms with E-state index in [9.17, 15) is 4.79 Å². The number of Topliss-reactive ketones (excluding diaryl/α,β-unsaturated/α-hetero) is 1. The topological polar surface area (TPSA) is 38.3 Å². The van der Waals surface area contributed by atoms with E-state index in [0.29, 0.717) is 24.3 Å². The lowest BCUT2D eigenvalue weighted by Crippen LogP contribution is -2.15. The van der Waals surface area contributed by atoms with Crippen LogP contribution in [-0.4, -0.2) is 19.4 Å². The summed E-state index contributed by atoms with van der Waals surface area (Å²) in [7, 11) is 1.84. The summed E-state index contributed by atoms with van der Waals surface area (Å²) in [6.45, 7) is 0.499. The van der Waals surface area contributed by atoms with Crippen molar-refractivity contribution in [3.05, 3.63) is 23.8 Å². The monoisotopic (exact) mass is 177 g/mol. The zero-order chi connectivity index (χ0) is 9.26. The minimum atomic E-state index is 0.170. The fraction of sp³-hybridized carbons (Fsp3) is 0.300. The molecule has 0 fully saturated rings. The highest BCUT2D eigenvalue weighted by Gasteiger charge is 2.17. The van der Waals surface area contributed by atoms with Gasteiger partial charge in [0.25, 0.3) is 0 Å².